The number of nitrogens with zero attached hydrogens (tertiary/aromatic N) is 1. The minimum absolute atomic E-state index is 0.148. The number of amidine groups is 1. The number of aromatic nitrogens is 1. The lowest BCUT2D eigenvalue weighted by Crippen LogP contribution is -2.21. The first-order valence-corrected chi connectivity index (χ1v) is 12.6. The van der Waals surface area contributed by atoms with Gasteiger partial charge in [0.05, 0.1) is 30.8 Å². The first-order valence-electron chi connectivity index (χ1n) is 9.08. The minimum atomic E-state index is -5.08. The second kappa shape index (κ2) is 10.4. The number of anilines is 1. The van der Waals surface area contributed by atoms with Crippen LogP contribution in [0.25, 0.3) is 11.1 Å². The number of thiophene rings is 1. The van der Waals surface area contributed by atoms with Gasteiger partial charge in [0.2, 0.25) is 9.84 Å². The molecule has 0 atom stereocenters. The fourth-order valence-corrected chi connectivity index (χ4v) is 6.65. The van der Waals surface area contributed by atoms with Crippen molar-refractivity contribution >= 4 is 50.4 Å². The number of halogens is 3. The van der Waals surface area contributed by atoms with Gasteiger partial charge in [0.15, 0.2) is 0 Å². The number of sulfone groups is 1. The summed E-state index contributed by atoms with van der Waals surface area (Å²) in [7, 11) is -3.77. The third kappa shape index (κ3) is 6.07. The van der Waals surface area contributed by atoms with Crippen molar-refractivity contribution in [2.45, 2.75) is 27.1 Å². The number of pyridine rings is 1. The molecule has 182 valence electrons. The normalized spacial score (nSPS) is 11.4. The standard InChI is InChI=1S/C18H18N4O2S3.C2HF3O2/c1-10-8-22-9-13(19)16(10)11-4-3-5-12(6-11)27(23,24)15-7-14(17(20)21)26-18(15)25-2;3-2(4,5)1(6)7/h3-9H,19H2,1-2H3,(H3,20,21);(H,6,7). The van der Waals surface area contributed by atoms with Gasteiger partial charge in [-0.2, -0.15) is 13.2 Å². The van der Waals surface area contributed by atoms with Crippen molar-refractivity contribution in [3.8, 4) is 11.1 Å². The number of rotatable bonds is 5. The van der Waals surface area contributed by atoms with E-state index in [0.717, 1.165) is 11.1 Å². The molecular formula is C20H19F3N4O4S3. The molecule has 3 aromatic rings. The molecule has 2 aromatic heterocycles. The predicted molar refractivity (Wildman–Crippen MR) is 125 cm³/mol. The van der Waals surface area contributed by atoms with Gasteiger partial charge in [-0.15, -0.1) is 23.1 Å². The average Bonchev–Trinajstić information content (AvgIpc) is 3.19. The molecule has 14 heteroatoms. The van der Waals surface area contributed by atoms with Crippen LogP contribution in [-0.2, 0) is 14.6 Å². The van der Waals surface area contributed by atoms with Crippen LogP contribution in [0.4, 0.5) is 18.9 Å². The SMILES string of the molecule is CSc1sc(C(=N)N)cc1S(=O)(=O)c1cccc(-c2c(C)cncc2N)c1.O=C(O)C(F)(F)F. The number of alkyl halides is 3. The van der Waals surface area contributed by atoms with Crippen LogP contribution in [0.15, 0.2) is 56.7 Å². The molecule has 0 saturated heterocycles. The number of carboxylic acids is 1. The van der Waals surface area contributed by atoms with E-state index in [1.807, 2.05) is 13.0 Å². The Morgan fingerprint density at radius 1 is 1.24 bits per heavy atom. The predicted octanol–water partition coefficient (Wildman–Crippen LogP) is 4.17. The number of hydrogen-bond acceptors (Lipinski definition) is 8. The Morgan fingerprint density at radius 2 is 1.85 bits per heavy atom. The maximum atomic E-state index is 13.2. The molecule has 2 heterocycles. The van der Waals surface area contributed by atoms with E-state index in [1.54, 1.807) is 36.8 Å². The second-order valence-corrected chi connectivity index (χ2v) is 10.7. The monoisotopic (exact) mass is 532 g/mol. The molecule has 1 aromatic carbocycles. The largest absolute Gasteiger partial charge is 0.490 e. The summed E-state index contributed by atoms with van der Waals surface area (Å²) in [6, 6.07) is 8.15. The van der Waals surface area contributed by atoms with Crippen molar-refractivity contribution in [2.75, 3.05) is 12.0 Å². The van der Waals surface area contributed by atoms with Crippen LogP contribution in [0.3, 0.4) is 0 Å². The molecule has 0 aliphatic heterocycles. The molecule has 8 nitrogen and oxygen atoms in total. The summed E-state index contributed by atoms with van der Waals surface area (Å²) in [6.07, 6.45) is -0.0454. The molecule has 0 bridgehead atoms. The van der Waals surface area contributed by atoms with Crippen molar-refractivity contribution < 1.29 is 31.5 Å². The quantitative estimate of drug-likeness (QED) is 0.216. The zero-order valence-corrected chi connectivity index (χ0v) is 20.1. The van der Waals surface area contributed by atoms with Crippen LogP contribution < -0.4 is 11.5 Å². The number of carboxylic acid groups (broad SMARTS) is 1. The Bertz CT molecular complexity index is 1320. The summed E-state index contributed by atoms with van der Waals surface area (Å²) in [5.74, 6) is -2.90. The molecule has 0 aliphatic carbocycles. The Kier molecular flexibility index (Phi) is 8.34. The molecule has 0 spiro atoms. The lowest BCUT2D eigenvalue weighted by molar-refractivity contribution is -0.192. The van der Waals surface area contributed by atoms with E-state index >= 15 is 0 Å². The molecular weight excluding hydrogens is 513 g/mol. The van der Waals surface area contributed by atoms with Crippen molar-refractivity contribution in [3.63, 3.8) is 0 Å². The van der Waals surface area contributed by atoms with E-state index in [4.69, 9.17) is 26.8 Å². The first kappa shape index (κ1) is 27.1. The fourth-order valence-electron chi connectivity index (χ4n) is 2.75. The van der Waals surface area contributed by atoms with Crippen molar-refractivity contribution in [2.24, 2.45) is 5.73 Å². The topological polar surface area (TPSA) is 160 Å². The number of carbonyl (C=O) groups is 1. The van der Waals surface area contributed by atoms with Crippen molar-refractivity contribution in [3.05, 3.63) is 53.2 Å². The Balaban J connectivity index is 0.000000509. The third-order valence-electron chi connectivity index (χ3n) is 4.25. The van der Waals surface area contributed by atoms with Crippen LogP contribution in [0.1, 0.15) is 10.4 Å². The number of benzene rings is 1. The fraction of sp³-hybridized carbons (Fsp3) is 0.150. The minimum Gasteiger partial charge on any atom is -0.475 e. The van der Waals surface area contributed by atoms with Gasteiger partial charge in [0.1, 0.15) is 5.84 Å². The second-order valence-electron chi connectivity index (χ2n) is 6.63. The average molecular weight is 533 g/mol. The molecule has 0 amide bonds. The number of nitrogens with two attached hydrogens (primary N) is 2. The van der Waals surface area contributed by atoms with Gasteiger partial charge in [-0.3, -0.25) is 10.4 Å². The molecule has 6 N–H and O–H groups in total. The highest BCUT2D eigenvalue weighted by Gasteiger charge is 2.38. The van der Waals surface area contributed by atoms with Crippen LogP contribution in [-0.4, -0.2) is 42.7 Å². The molecule has 3 rings (SSSR count). The van der Waals surface area contributed by atoms with Crippen molar-refractivity contribution in [1.29, 1.82) is 5.41 Å². The van der Waals surface area contributed by atoms with E-state index in [2.05, 4.69) is 4.98 Å². The molecule has 0 fully saturated rings. The van der Waals surface area contributed by atoms with Crippen LogP contribution >= 0.6 is 23.1 Å². The van der Waals surface area contributed by atoms with E-state index < -0.39 is 22.0 Å². The zero-order valence-electron chi connectivity index (χ0n) is 17.7. The van der Waals surface area contributed by atoms with Gasteiger partial charge in [0, 0.05) is 11.8 Å². The summed E-state index contributed by atoms with van der Waals surface area (Å²) in [4.78, 5) is 13.7. The first-order chi connectivity index (χ1) is 15.7. The van der Waals surface area contributed by atoms with Crippen LogP contribution in [0, 0.1) is 12.3 Å². The number of aliphatic carboxylic acids is 1. The van der Waals surface area contributed by atoms with E-state index in [1.165, 1.54) is 29.2 Å². The zero-order chi connectivity index (χ0) is 25.8. The van der Waals surface area contributed by atoms with Gasteiger partial charge in [0.25, 0.3) is 0 Å². The van der Waals surface area contributed by atoms with Gasteiger partial charge < -0.3 is 16.6 Å². The van der Waals surface area contributed by atoms with Gasteiger partial charge in [-0.05, 0) is 42.5 Å². The molecule has 0 aliphatic rings. The number of thioether (sulfide) groups is 1. The highest BCUT2D eigenvalue weighted by atomic mass is 32.2. The smallest absolute Gasteiger partial charge is 0.475 e. The summed E-state index contributed by atoms with van der Waals surface area (Å²) in [6.45, 7) is 1.88. The summed E-state index contributed by atoms with van der Waals surface area (Å²) < 4.78 is 58.8. The lowest BCUT2D eigenvalue weighted by atomic mass is 10.0. The highest BCUT2D eigenvalue weighted by molar-refractivity contribution is 8.01. The van der Waals surface area contributed by atoms with E-state index in [9.17, 15) is 21.6 Å². The number of nitrogens with one attached hydrogen (secondary N) is 1. The summed E-state index contributed by atoms with van der Waals surface area (Å²) in [5, 5.41) is 14.7. The Labute approximate surface area is 201 Å². The Hall–Kier alpha value is -3.10. The number of nitrogen functional groups attached to an aromatic ring is 2. The highest BCUT2D eigenvalue weighted by Crippen LogP contribution is 2.38. The van der Waals surface area contributed by atoms with Gasteiger partial charge in [-0.25, -0.2) is 13.2 Å². The maximum absolute atomic E-state index is 13.2. The number of hydrogen-bond donors (Lipinski definition) is 4. The molecule has 0 radical (unpaired) electrons. The van der Waals surface area contributed by atoms with E-state index in [-0.39, 0.29) is 15.6 Å². The van der Waals surface area contributed by atoms with Crippen LogP contribution in [0.2, 0.25) is 0 Å². The summed E-state index contributed by atoms with van der Waals surface area (Å²) >= 11 is 2.52. The van der Waals surface area contributed by atoms with E-state index in [0.29, 0.717) is 20.3 Å². The molecule has 0 saturated carbocycles. The molecule has 34 heavy (non-hydrogen) atoms. The van der Waals surface area contributed by atoms with Gasteiger partial charge >= 0.3 is 12.1 Å². The molecule has 0 unspecified atom stereocenters. The maximum Gasteiger partial charge on any atom is 0.490 e. The van der Waals surface area contributed by atoms with Crippen molar-refractivity contribution in [1.82, 2.24) is 4.98 Å². The summed E-state index contributed by atoms with van der Waals surface area (Å²) in [5.41, 5.74) is 14.4. The third-order valence-corrected chi connectivity index (χ3v) is 8.58. The van der Waals surface area contributed by atoms with Gasteiger partial charge in [-0.1, -0.05) is 12.1 Å². The lowest BCUT2D eigenvalue weighted by Gasteiger charge is -2.11. The number of aryl methyl sites for hydroxylation is 1. The Morgan fingerprint density at radius 3 is 2.35 bits per heavy atom. The van der Waals surface area contributed by atoms with Crippen LogP contribution in [0.5, 0.6) is 0 Å².